The molecule has 0 radical (unpaired) electrons. The fraction of sp³-hybridized carbons (Fsp3) is 0.259. The van der Waals surface area contributed by atoms with E-state index in [2.05, 4.69) is 35.1 Å². The van der Waals surface area contributed by atoms with E-state index in [9.17, 15) is 0 Å². The Kier molecular flexibility index (Phi) is 6.60. The Morgan fingerprint density at radius 2 is 1.86 bits per heavy atom. The Bertz CT molecular complexity index is 1390. The van der Waals surface area contributed by atoms with Crippen LogP contribution in [0.15, 0.2) is 60.8 Å². The Morgan fingerprint density at radius 1 is 1.09 bits per heavy atom. The van der Waals surface area contributed by atoms with Crippen LogP contribution in [0.3, 0.4) is 0 Å². The minimum atomic E-state index is 0.161. The first-order valence-corrected chi connectivity index (χ1v) is 11.9. The normalized spacial score (nSPS) is 18.3. The molecular weight excluding hydrogens is 460 g/mol. The van der Waals surface area contributed by atoms with Crippen molar-refractivity contribution in [1.82, 2.24) is 19.9 Å². The van der Waals surface area contributed by atoms with E-state index in [1.165, 1.54) is 0 Å². The summed E-state index contributed by atoms with van der Waals surface area (Å²) < 4.78 is 5.88. The monoisotopic (exact) mass is 484 g/mol. The van der Waals surface area contributed by atoms with Crippen molar-refractivity contribution in [2.24, 2.45) is 0 Å². The molecule has 0 amide bonds. The molecule has 0 aliphatic carbocycles. The molecule has 4 aromatic rings. The molecule has 0 unspecified atom stereocenters. The molecule has 1 aliphatic rings. The van der Waals surface area contributed by atoms with E-state index in [1.54, 1.807) is 18.3 Å². The predicted molar refractivity (Wildman–Crippen MR) is 138 cm³/mol. The average molecular weight is 485 g/mol. The van der Waals surface area contributed by atoms with E-state index in [0.717, 1.165) is 41.1 Å². The predicted octanol–water partition coefficient (Wildman–Crippen LogP) is 5.57. The van der Waals surface area contributed by atoms with E-state index in [-0.39, 0.29) is 12.2 Å². The SMILES string of the molecule is C[C@@H]1CN(Cc2nc(Nc3ccc(C#N)cc3)c3ccc(-c4ncccc4Cl)cc3n2)C[C@@H](C)O1. The van der Waals surface area contributed by atoms with Crippen molar-refractivity contribution in [1.29, 1.82) is 5.26 Å². The van der Waals surface area contributed by atoms with Gasteiger partial charge in [-0.25, -0.2) is 9.97 Å². The molecule has 2 aromatic carbocycles. The lowest BCUT2D eigenvalue weighted by Crippen LogP contribution is -2.45. The van der Waals surface area contributed by atoms with Gasteiger partial charge in [0.1, 0.15) is 11.6 Å². The first kappa shape index (κ1) is 23.2. The number of ether oxygens (including phenoxy) is 1. The fourth-order valence-electron chi connectivity index (χ4n) is 4.47. The Labute approximate surface area is 209 Å². The first-order chi connectivity index (χ1) is 17.0. The third-order valence-electron chi connectivity index (χ3n) is 5.91. The topological polar surface area (TPSA) is 87.0 Å². The summed E-state index contributed by atoms with van der Waals surface area (Å²) in [6, 6.07) is 19.1. The molecule has 1 N–H and O–H groups in total. The van der Waals surface area contributed by atoms with Gasteiger partial charge in [0.25, 0.3) is 0 Å². The zero-order valence-electron chi connectivity index (χ0n) is 19.6. The van der Waals surface area contributed by atoms with Gasteiger partial charge in [-0.15, -0.1) is 0 Å². The largest absolute Gasteiger partial charge is 0.373 e. The third kappa shape index (κ3) is 5.25. The number of fused-ring (bicyclic) bond motifs is 1. The summed E-state index contributed by atoms with van der Waals surface area (Å²) in [5.41, 5.74) is 3.87. The standard InChI is InChI=1S/C27H25ClN6O/c1-17-14-34(15-18(2)35-17)16-25-32-24-12-20(26-23(28)4-3-11-30-26)7-10-22(24)27(33-25)31-21-8-5-19(13-29)6-9-21/h3-12,17-18H,14-16H2,1-2H3,(H,31,32,33)/t17-,18-/m1/s1. The van der Waals surface area contributed by atoms with Crippen molar-refractivity contribution in [3.05, 3.63) is 77.2 Å². The average Bonchev–Trinajstić information content (AvgIpc) is 2.84. The second kappa shape index (κ2) is 9.96. The van der Waals surface area contributed by atoms with Gasteiger partial charge >= 0.3 is 0 Å². The number of nitrogens with zero attached hydrogens (tertiary/aromatic N) is 5. The van der Waals surface area contributed by atoms with E-state index >= 15 is 0 Å². The number of hydrogen-bond acceptors (Lipinski definition) is 7. The van der Waals surface area contributed by atoms with Gasteiger partial charge in [-0.2, -0.15) is 5.26 Å². The van der Waals surface area contributed by atoms with Crippen LogP contribution in [-0.2, 0) is 11.3 Å². The van der Waals surface area contributed by atoms with Crippen molar-refractivity contribution in [2.45, 2.75) is 32.6 Å². The zero-order chi connectivity index (χ0) is 24.4. The summed E-state index contributed by atoms with van der Waals surface area (Å²) in [5.74, 6) is 1.43. The number of nitrogens with one attached hydrogen (secondary N) is 1. The molecule has 2 aromatic heterocycles. The quantitative estimate of drug-likeness (QED) is 0.396. The summed E-state index contributed by atoms with van der Waals surface area (Å²) in [4.78, 5) is 16.6. The van der Waals surface area contributed by atoms with Crippen LogP contribution in [0.5, 0.6) is 0 Å². The van der Waals surface area contributed by atoms with Crippen molar-refractivity contribution in [3.8, 4) is 17.3 Å². The Morgan fingerprint density at radius 3 is 2.57 bits per heavy atom. The molecule has 8 heteroatoms. The highest BCUT2D eigenvalue weighted by Gasteiger charge is 2.23. The minimum absolute atomic E-state index is 0.161. The lowest BCUT2D eigenvalue weighted by atomic mass is 10.1. The van der Waals surface area contributed by atoms with Gasteiger partial charge in [0.2, 0.25) is 0 Å². The lowest BCUT2D eigenvalue weighted by Gasteiger charge is -2.34. The van der Waals surface area contributed by atoms with Gasteiger partial charge in [-0.3, -0.25) is 9.88 Å². The minimum Gasteiger partial charge on any atom is -0.373 e. The van der Waals surface area contributed by atoms with Crippen LogP contribution in [-0.4, -0.2) is 45.1 Å². The Balaban J connectivity index is 1.55. The third-order valence-corrected chi connectivity index (χ3v) is 6.22. The maximum atomic E-state index is 9.11. The van der Waals surface area contributed by atoms with Crippen molar-refractivity contribution < 1.29 is 4.74 Å². The summed E-state index contributed by atoms with van der Waals surface area (Å²) in [5, 5.41) is 14.0. The van der Waals surface area contributed by atoms with E-state index in [4.69, 9.17) is 31.6 Å². The van der Waals surface area contributed by atoms with Gasteiger partial charge in [0, 0.05) is 35.9 Å². The van der Waals surface area contributed by atoms with E-state index in [1.807, 2.05) is 42.5 Å². The second-order valence-corrected chi connectivity index (χ2v) is 9.23. The van der Waals surface area contributed by atoms with Crippen molar-refractivity contribution in [2.75, 3.05) is 18.4 Å². The molecule has 2 atom stereocenters. The number of pyridine rings is 1. The van der Waals surface area contributed by atoms with Crippen LogP contribution in [0.4, 0.5) is 11.5 Å². The second-order valence-electron chi connectivity index (χ2n) is 8.82. The maximum Gasteiger partial charge on any atom is 0.145 e. The number of benzene rings is 2. The molecule has 7 nitrogen and oxygen atoms in total. The molecular formula is C27H25ClN6O. The van der Waals surface area contributed by atoms with Crippen LogP contribution in [0.1, 0.15) is 25.2 Å². The van der Waals surface area contributed by atoms with Crippen LogP contribution < -0.4 is 5.32 Å². The zero-order valence-corrected chi connectivity index (χ0v) is 20.3. The van der Waals surface area contributed by atoms with Gasteiger partial charge < -0.3 is 10.1 Å². The highest BCUT2D eigenvalue weighted by molar-refractivity contribution is 6.33. The molecule has 35 heavy (non-hydrogen) atoms. The molecule has 3 heterocycles. The van der Waals surface area contributed by atoms with Gasteiger partial charge in [0.05, 0.1) is 46.6 Å². The van der Waals surface area contributed by atoms with Crippen LogP contribution in [0.2, 0.25) is 5.02 Å². The van der Waals surface area contributed by atoms with Crippen LogP contribution in [0.25, 0.3) is 22.2 Å². The first-order valence-electron chi connectivity index (χ1n) is 11.5. The molecule has 5 rings (SSSR count). The molecule has 176 valence electrons. The molecule has 0 bridgehead atoms. The number of halogens is 1. The molecule has 1 saturated heterocycles. The summed E-state index contributed by atoms with van der Waals surface area (Å²) in [6.07, 6.45) is 2.05. The number of rotatable bonds is 5. The smallest absolute Gasteiger partial charge is 0.145 e. The number of morpholine rings is 1. The lowest BCUT2D eigenvalue weighted by molar-refractivity contribution is -0.0710. The fourth-order valence-corrected chi connectivity index (χ4v) is 4.70. The number of aromatic nitrogens is 3. The van der Waals surface area contributed by atoms with E-state index < -0.39 is 0 Å². The Hall–Kier alpha value is -3.57. The van der Waals surface area contributed by atoms with Crippen molar-refractivity contribution >= 4 is 34.0 Å². The molecule has 1 fully saturated rings. The van der Waals surface area contributed by atoms with Gasteiger partial charge in [-0.1, -0.05) is 17.7 Å². The van der Waals surface area contributed by atoms with Gasteiger partial charge in [0.15, 0.2) is 0 Å². The van der Waals surface area contributed by atoms with Crippen molar-refractivity contribution in [3.63, 3.8) is 0 Å². The highest BCUT2D eigenvalue weighted by Crippen LogP contribution is 2.31. The summed E-state index contributed by atoms with van der Waals surface area (Å²) in [7, 11) is 0. The molecule has 0 spiro atoms. The number of hydrogen-bond donors (Lipinski definition) is 1. The van der Waals surface area contributed by atoms with E-state index in [0.29, 0.717) is 28.6 Å². The van der Waals surface area contributed by atoms with Crippen LogP contribution in [0, 0.1) is 11.3 Å². The number of anilines is 2. The summed E-state index contributed by atoms with van der Waals surface area (Å²) >= 11 is 6.41. The van der Waals surface area contributed by atoms with Crippen LogP contribution >= 0.6 is 11.6 Å². The maximum absolute atomic E-state index is 9.11. The molecule has 1 aliphatic heterocycles. The highest BCUT2D eigenvalue weighted by atomic mass is 35.5. The van der Waals surface area contributed by atoms with Gasteiger partial charge in [-0.05, 0) is 62.4 Å². The number of nitriles is 1. The molecule has 0 saturated carbocycles. The summed E-state index contributed by atoms with van der Waals surface area (Å²) in [6.45, 7) is 6.45.